The summed E-state index contributed by atoms with van der Waals surface area (Å²) < 4.78 is 12.5. The molecule has 1 aliphatic carbocycles. The molecule has 0 saturated heterocycles. The lowest BCUT2D eigenvalue weighted by molar-refractivity contribution is -0.117. The van der Waals surface area contributed by atoms with Gasteiger partial charge in [-0.25, -0.2) is 4.79 Å². The number of carbonyl (C=O) groups is 3. The van der Waals surface area contributed by atoms with Crippen LogP contribution < -0.4 is 5.32 Å². The molecule has 1 saturated carbocycles. The van der Waals surface area contributed by atoms with Crippen LogP contribution in [0.25, 0.3) is 0 Å². The first kappa shape index (κ1) is 21.8. The number of ketones is 1. The highest BCUT2D eigenvalue weighted by molar-refractivity contribution is 6.00. The summed E-state index contributed by atoms with van der Waals surface area (Å²) in [5.74, 6) is -0.709. The third-order valence-corrected chi connectivity index (χ3v) is 5.30. The molecule has 1 amide bonds. The van der Waals surface area contributed by atoms with Gasteiger partial charge in [0, 0.05) is 35.7 Å². The first-order valence-electron chi connectivity index (χ1n) is 10.1. The number of hydrogen-bond acceptors (Lipinski definition) is 5. The Labute approximate surface area is 176 Å². The fourth-order valence-electron chi connectivity index (χ4n) is 3.63. The monoisotopic (exact) mass is 412 g/mol. The van der Waals surface area contributed by atoms with E-state index in [9.17, 15) is 14.4 Å². The molecule has 0 bridgehead atoms. The molecule has 3 rings (SSSR count). The van der Waals surface area contributed by atoms with E-state index in [1.54, 1.807) is 31.4 Å². The SMILES string of the molecule is COCC(C)n1c(C)cc(C(=O)COC(=O)c2ccc(NC(=O)C3CC3)cc2)c1C. The highest BCUT2D eigenvalue weighted by atomic mass is 16.5. The topological polar surface area (TPSA) is 86.6 Å². The van der Waals surface area contributed by atoms with Gasteiger partial charge in [0.2, 0.25) is 11.7 Å². The first-order chi connectivity index (χ1) is 14.3. The lowest BCUT2D eigenvalue weighted by Crippen LogP contribution is -2.17. The maximum absolute atomic E-state index is 12.6. The molecule has 1 heterocycles. The van der Waals surface area contributed by atoms with Crippen LogP contribution in [0.4, 0.5) is 5.69 Å². The molecule has 1 aromatic carbocycles. The van der Waals surface area contributed by atoms with Gasteiger partial charge in [-0.1, -0.05) is 0 Å². The van der Waals surface area contributed by atoms with Gasteiger partial charge in [0.1, 0.15) is 0 Å². The van der Waals surface area contributed by atoms with Gasteiger partial charge in [-0.15, -0.1) is 0 Å². The third-order valence-electron chi connectivity index (χ3n) is 5.30. The van der Waals surface area contributed by atoms with Crippen molar-refractivity contribution >= 4 is 23.3 Å². The van der Waals surface area contributed by atoms with Crippen molar-refractivity contribution in [3.8, 4) is 0 Å². The number of rotatable bonds is 9. The van der Waals surface area contributed by atoms with Gasteiger partial charge < -0.3 is 19.4 Å². The van der Waals surface area contributed by atoms with Crippen molar-refractivity contribution in [2.75, 3.05) is 25.6 Å². The number of nitrogens with one attached hydrogen (secondary N) is 1. The van der Waals surface area contributed by atoms with Crippen molar-refractivity contribution in [1.82, 2.24) is 4.57 Å². The number of carbonyl (C=O) groups excluding carboxylic acids is 3. The summed E-state index contributed by atoms with van der Waals surface area (Å²) in [5, 5.41) is 2.82. The molecule has 30 heavy (non-hydrogen) atoms. The normalized spacial score (nSPS) is 14.3. The molecule has 0 spiro atoms. The largest absolute Gasteiger partial charge is 0.454 e. The van der Waals surface area contributed by atoms with Crippen molar-refractivity contribution in [2.24, 2.45) is 5.92 Å². The van der Waals surface area contributed by atoms with E-state index >= 15 is 0 Å². The molecule has 2 aromatic rings. The van der Waals surface area contributed by atoms with Gasteiger partial charge in [-0.2, -0.15) is 0 Å². The van der Waals surface area contributed by atoms with Crippen LogP contribution in [0.5, 0.6) is 0 Å². The minimum atomic E-state index is -0.579. The summed E-state index contributed by atoms with van der Waals surface area (Å²) in [5.41, 5.74) is 3.29. The summed E-state index contributed by atoms with van der Waals surface area (Å²) in [6.07, 6.45) is 1.86. The van der Waals surface area contributed by atoms with Crippen LogP contribution in [-0.2, 0) is 14.3 Å². The number of benzene rings is 1. The van der Waals surface area contributed by atoms with E-state index in [0.717, 1.165) is 24.2 Å². The van der Waals surface area contributed by atoms with Gasteiger partial charge in [0.05, 0.1) is 18.2 Å². The van der Waals surface area contributed by atoms with Crippen LogP contribution in [-0.4, -0.2) is 42.6 Å². The summed E-state index contributed by atoms with van der Waals surface area (Å²) in [6.45, 7) is 6.04. The number of hydrogen-bond donors (Lipinski definition) is 1. The van der Waals surface area contributed by atoms with Gasteiger partial charge >= 0.3 is 5.97 Å². The number of nitrogens with zero attached hydrogens (tertiary/aromatic N) is 1. The third kappa shape index (κ3) is 4.97. The number of aryl methyl sites for hydroxylation is 1. The van der Waals surface area contributed by atoms with E-state index in [1.807, 2.05) is 31.4 Å². The Hall–Kier alpha value is -2.93. The van der Waals surface area contributed by atoms with Crippen LogP contribution in [0.15, 0.2) is 30.3 Å². The maximum Gasteiger partial charge on any atom is 0.338 e. The van der Waals surface area contributed by atoms with Gasteiger partial charge in [-0.3, -0.25) is 9.59 Å². The number of anilines is 1. The molecule has 1 fully saturated rings. The zero-order chi connectivity index (χ0) is 21.8. The smallest absolute Gasteiger partial charge is 0.338 e. The highest BCUT2D eigenvalue weighted by Crippen LogP contribution is 2.30. The molecule has 7 heteroatoms. The number of aromatic nitrogens is 1. The van der Waals surface area contributed by atoms with Crippen molar-refractivity contribution < 1.29 is 23.9 Å². The molecule has 0 aliphatic heterocycles. The second kappa shape index (κ2) is 9.26. The van der Waals surface area contributed by atoms with E-state index in [-0.39, 0.29) is 30.3 Å². The Morgan fingerprint density at radius 1 is 1.17 bits per heavy atom. The minimum absolute atomic E-state index is 0.00772. The number of esters is 1. The number of Topliss-reactive ketones (excluding diaryl/α,β-unsaturated/α-hetero) is 1. The molecule has 1 N–H and O–H groups in total. The minimum Gasteiger partial charge on any atom is -0.454 e. The first-order valence-corrected chi connectivity index (χ1v) is 10.1. The quantitative estimate of drug-likeness (QED) is 0.501. The predicted octanol–water partition coefficient (Wildman–Crippen LogP) is 3.70. The lowest BCUT2D eigenvalue weighted by Gasteiger charge is -2.17. The van der Waals surface area contributed by atoms with Crippen LogP contribution in [0.2, 0.25) is 0 Å². The number of ether oxygens (including phenoxy) is 2. The molecule has 160 valence electrons. The lowest BCUT2D eigenvalue weighted by atomic mass is 10.1. The zero-order valence-corrected chi connectivity index (χ0v) is 17.9. The standard InChI is InChI=1S/C23H28N2O5/c1-14-11-20(16(3)25(14)15(2)12-29-4)21(26)13-30-23(28)18-7-9-19(10-8-18)24-22(27)17-5-6-17/h7-11,15,17H,5-6,12-13H2,1-4H3,(H,24,27). The molecule has 1 aromatic heterocycles. The second-order valence-electron chi connectivity index (χ2n) is 7.80. The molecular formula is C23H28N2O5. The predicted molar refractivity (Wildman–Crippen MR) is 113 cm³/mol. The zero-order valence-electron chi connectivity index (χ0n) is 17.9. The van der Waals surface area contributed by atoms with Crippen molar-refractivity contribution in [2.45, 2.75) is 39.7 Å². The Balaban J connectivity index is 1.58. The fourth-order valence-corrected chi connectivity index (χ4v) is 3.63. The highest BCUT2D eigenvalue weighted by Gasteiger charge is 2.29. The Kier molecular flexibility index (Phi) is 6.72. The van der Waals surface area contributed by atoms with Crippen LogP contribution in [0.3, 0.4) is 0 Å². The molecule has 1 atom stereocenters. The van der Waals surface area contributed by atoms with Crippen LogP contribution >= 0.6 is 0 Å². The molecule has 1 aliphatic rings. The van der Waals surface area contributed by atoms with Crippen molar-refractivity contribution in [1.29, 1.82) is 0 Å². The van der Waals surface area contributed by atoms with E-state index in [2.05, 4.69) is 5.32 Å². The Morgan fingerprint density at radius 3 is 2.43 bits per heavy atom. The van der Waals surface area contributed by atoms with Crippen molar-refractivity contribution in [3.63, 3.8) is 0 Å². The van der Waals surface area contributed by atoms with Crippen LogP contribution in [0, 0.1) is 19.8 Å². The van der Waals surface area contributed by atoms with Gasteiger partial charge in [-0.05, 0) is 63.9 Å². The summed E-state index contributed by atoms with van der Waals surface area (Å²) in [4.78, 5) is 36.7. The van der Waals surface area contributed by atoms with E-state index in [4.69, 9.17) is 9.47 Å². The average molecular weight is 412 g/mol. The Bertz CT molecular complexity index is 941. The molecule has 7 nitrogen and oxygen atoms in total. The molecule has 0 radical (unpaired) electrons. The number of methoxy groups -OCH3 is 1. The summed E-state index contributed by atoms with van der Waals surface area (Å²) >= 11 is 0. The fraction of sp³-hybridized carbons (Fsp3) is 0.435. The summed E-state index contributed by atoms with van der Waals surface area (Å²) in [7, 11) is 1.64. The summed E-state index contributed by atoms with van der Waals surface area (Å²) in [6, 6.07) is 8.38. The Morgan fingerprint density at radius 2 is 1.83 bits per heavy atom. The van der Waals surface area contributed by atoms with Crippen molar-refractivity contribution in [3.05, 3.63) is 52.8 Å². The van der Waals surface area contributed by atoms with E-state index < -0.39 is 5.97 Å². The molecule has 1 unspecified atom stereocenters. The van der Waals surface area contributed by atoms with E-state index in [0.29, 0.717) is 23.4 Å². The van der Waals surface area contributed by atoms with Gasteiger partial charge in [0.15, 0.2) is 6.61 Å². The maximum atomic E-state index is 12.6. The van der Waals surface area contributed by atoms with Gasteiger partial charge in [0.25, 0.3) is 0 Å². The van der Waals surface area contributed by atoms with Crippen LogP contribution in [0.1, 0.15) is 57.9 Å². The van der Waals surface area contributed by atoms with E-state index in [1.165, 1.54) is 0 Å². The average Bonchev–Trinajstić information content (AvgIpc) is 3.52. The number of amides is 1. The molecular weight excluding hydrogens is 384 g/mol. The second-order valence-corrected chi connectivity index (χ2v) is 7.80.